The van der Waals surface area contributed by atoms with Crippen LogP contribution >= 0.6 is 11.3 Å². The van der Waals surface area contributed by atoms with Gasteiger partial charge in [0.2, 0.25) is 5.91 Å². The molecule has 2 aromatic carbocycles. The molecule has 4 aromatic rings. The lowest BCUT2D eigenvalue weighted by atomic mass is 10.0. The number of carbonyl (C=O) groups is 1. The molecule has 2 aromatic heterocycles. The van der Waals surface area contributed by atoms with Gasteiger partial charge in [-0.2, -0.15) is 0 Å². The normalized spacial score (nSPS) is 15.3. The second-order valence-electron chi connectivity index (χ2n) is 9.39. The molecule has 0 radical (unpaired) electrons. The molecule has 1 atom stereocenters. The van der Waals surface area contributed by atoms with E-state index in [4.69, 9.17) is 14.5 Å². The molecular formula is C30H32N2O3S. The molecule has 0 saturated carbocycles. The largest absolute Gasteiger partial charge is 0.496 e. The van der Waals surface area contributed by atoms with E-state index in [1.54, 1.807) is 18.4 Å². The molecule has 0 bridgehead atoms. The number of aromatic nitrogens is 1. The van der Waals surface area contributed by atoms with Crippen LogP contribution in [0.4, 0.5) is 0 Å². The summed E-state index contributed by atoms with van der Waals surface area (Å²) in [6, 6.07) is 20.6. The number of hydrogen-bond donors (Lipinski definition) is 0. The van der Waals surface area contributed by atoms with Gasteiger partial charge in [-0.25, -0.2) is 4.98 Å². The van der Waals surface area contributed by atoms with Gasteiger partial charge in [0.25, 0.3) is 0 Å². The molecule has 1 aliphatic rings. The summed E-state index contributed by atoms with van der Waals surface area (Å²) in [5, 5.41) is 3.17. The fraction of sp³-hybridized carbons (Fsp3) is 0.333. The third kappa shape index (κ3) is 5.61. The van der Waals surface area contributed by atoms with Gasteiger partial charge in [-0.1, -0.05) is 36.4 Å². The summed E-state index contributed by atoms with van der Waals surface area (Å²) in [6.45, 7) is 3.96. The summed E-state index contributed by atoms with van der Waals surface area (Å²) in [4.78, 5) is 21.8. The number of para-hydroxylation sites is 1. The third-order valence-corrected chi connectivity index (χ3v) is 7.65. The van der Waals surface area contributed by atoms with E-state index in [1.165, 1.54) is 5.56 Å². The van der Waals surface area contributed by atoms with E-state index >= 15 is 0 Å². The Morgan fingerprint density at radius 2 is 2.03 bits per heavy atom. The first-order valence-electron chi connectivity index (χ1n) is 12.6. The van der Waals surface area contributed by atoms with Crippen LogP contribution in [0.25, 0.3) is 21.5 Å². The summed E-state index contributed by atoms with van der Waals surface area (Å²) in [5.74, 6) is 0.947. The highest BCUT2D eigenvalue weighted by atomic mass is 32.1. The number of ether oxygens (including phenoxy) is 2. The molecule has 186 valence electrons. The number of carbonyl (C=O) groups excluding carboxylic acids is 1. The predicted octanol–water partition coefficient (Wildman–Crippen LogP) is 6.42. The number of amides is 1. The summed E-state index contributed by atoms with van der Waals surface area (Å²) in [6.07, 6.45) is 3.18. The minimum Gasteiger partial charge on any atom is -0.496 e. The highest BCUT2D eigenvalue weighted by Gasteiger charge is 2.24. The molecule has 36 heavy (non-hydrogen) atoms. The summed E-state index contributed by atoms with van der Waals surface area (Å²) < 4.78 is 11.4. The first-order chi connectivity index (χ1) is 17.6. The standard InChI is InChI=1S/C30H32N2O3S/c1-21-11-12-23-18-24(30(31-26(23)17-21)28-10-6-16-36-28)19-32(20-25-8-5-15-35-25)29(33)14-13-22-7-3-4-9-27(22)34-2/h3-4,6-7,9-12,16-18,25H,5,8,13-15,19-20H2,1-2H3. The fourth-order valence-corrected chi connectivity index (χ4v) is 5.62. The topological polar surface area (TPSA) is 51.7 Å². The minimum atomic E-state index is 0.0847. The van der Waals surface area contributed by atoms with E-state index in [0.717, 1.165) is 57.8 Å². The Hall–Kier alpha value is -3.22. The zero-order valence-electron chi connectivity index (χ0n) is 20.9. The van der Waals surface area contributed by atoms with Crippen molar-refractivity contribution in [2.24, 2.45) is 0 Å². The van der Waals surface area contributed by atoms with Crippen LogP contribution in [-0.2, 0) is 22.5 Å². The number of benzene rings is 2. The quantitative estimate of drug-likeness (QED) is 0.266. The van der Waals surface area contributed by atoms with Crippen LogP contribution in [0, 0.1) is 6.92 Å². The number of nitrogens with zero attached hydrogens (tertiary/aromatic N) is 2. The molecule has 0 spiro atoms. The van der Waals surface area contributed by atoms with Crippen LogP contribution in [0.1, 0.15) is 36.0 Å². The van der Waals surface area contributed by atoms with Crippen molar-refractivity contribution in [2.75, 3.05) is 20.3 Å². The molecule has 1 fully saturated rings. The number of fused-ring (bicyclic) bond motifs is 1. The molecule has 5 rings (SSSR count). The van der Waals surface area contributed by atoms with Gasteiger partial charge in [0.15, 0.2) is 0 Å². The maximum Gasteiger partial charge on any atom is 0.223 e. The molecular weight excluding hydrogens is 468 g/mol. The highest BCUT2D eigenvalue weighted by molar-refractivity contribution is 7.13. The lowest BCUT2D eigenvalue weighted by Crippen LogP contribution is -2.37. The SMILES string of the molecule is COc1ccccc1CCC(=O)N(Cc1cc2ccc(C)cc2nc1-c1cccs1)CC1CCCO1. The minimum absolute atomic E-state index is 0.0847. The van der Waals surface area contributed by atoms with Crippen LogP contribution in [0.5, 0.6) is 5.75 Å². The Balaban J connectivity index is 1.44. The molecule has 0 N–H and O–H groups in total. The van der Waals surface area contributed by atoms with Crippen LogP contribution in [-0.4, -0.2) is 42.2 Å². The maximum absolute atomic E-state index is 13.6. The number of pyridine rings is 1. The van der Waals surface area contributed by atoms with Crippen molar-refractivity contribution in [2.45, 2.75) is 45.3 Å². The van der Waals surface area contributed by atoms with Crippen molar-refractivity contribution in [1.82, 2.24) is 9.88 Å². The van der Waals surface area contributed by atoms with Crippen molar-refractivity contribution in [3.8, 4) is 16.3 Å². The Morgan fingerprint density at radius 3 is 2.81 bits per heavy atom. The van der Waals surface area contributed by atoms with Gasteiger partial charge in [0.1, 0.15) is 5.75 Å². The fourth-order valence-electron chi connectivity index (χ4n) is 4.87. The Labute approximate surface area is 216 Å². The average Bonchev–Trinajstić information content (AvgIpc) is 3.61. The molecule has 1 unspecified atom stereocenters. The second-order valence-corrected chi connectivity index (χ2v) is 10.3. The third-order valence-electron chi connectivity index (χ3n) is 6.77. The van der Waals surface area contributed by atoms with Gasteiger partial charge in [0, 0.05) is 31.5 Å². The van der Waals surface area contributed by atoms with Crippen LogP contribution < -0.4 is 4.74 Å². The highest BCUT2D eigenvalue weighted by Crippen LogP contribution is 2.31. The lowest BCUT2D eigenvalue weighted by molar-refractivity contribution is -0.133. The van der Waals surface area contributed by atoms with Gasteiger partial charge in [-0.15, -0.1) is 11.3 Å². The van der Waals surface area contributed by atoms with Crippen LogP contribution in [0.15, 0.2) is 66.0 Å². The number of methoxy groups -OCH3 is 1. The lowest BCUT2D eigenvalue weighted by Gasteiger charge is -2.27. The predicted molar refractivity (Wildman–Crippen MR) is 145 cm³/mol. The first-order valence-corrected chi connectivity index (χ1v) is 13.4. The second kappa shape index (κ2) is 11.2. The van der Waals surface area contributed by atoms with Gasteiger partial charge >= 0.3 is 0 Å². The van der Waals surface area contributed by atoms with E-state index in [1.807, 2.05) is 29.2 Å². The van der Waals surface area contributed by atoms with Crippen molar-refractivity contribution >= 4 is 28.1 Å². The monoisotopic (exact) mass is 500 g/mol. The number of thiophene rings is 1. The van der Waals surface area contributed by atoms with Crippen molar-refractivity contribution in [1.29, 1.82) is 0 Å². The molecule has 6 heteroatoms. The number of aryl methyl sites for hydroxylation is 2. The summed E-state index contributed by atoms with van der Waals surface area (Å²) in [5.41, 5.74) is 5.24. The first kappa shape index (κ1) is 24.5. The smallest absolute Gasteiger partial charge is 0.223 e. The van der Waals surface area contributed by atoms with Gasteiger partial charge in [0.05, 0.1) is 29.3 Å². The van der Waals surface area contributed by atoms with E-state index in [9.17, 15) is 4.79 Å². The Kier molecular flexibility index (Phi) is 7.63. The molecule has 1 saturated heterocycles. The Morgan fingerprint density at radius 1 is 1.14 bits per heavy atom. The van der Waals surface area contributed by atoms with Gasteiger partial charge in [-0.3, -0.25) is 4.79 Å². The summed E-state index contributed by atoms with van der Waals surface area (Å²) in [7, 11) is 1.67. The van der Waals surface area contributed by atoms with Crippen LogP contribution in [0.3, 0.4) is 0 Å². The molecule has 0 aliphatic carbocycles. The molecule has 1 aliphatic heterocycles. The molecule has 5 nitrogen and oxygen atoms in total. The zero-order chi connectivity index (χ0) is 24.9. The summed E-state index contributed by atoms with van der Waals surface area (Å²) >= 11 is 1.68. The van der Waals surface area contributed by atoms with Crippen molar-refractivity contribution in [3.05, 3.63) is 82.7 Å². The van der Waals surface area contributed by atoms with Gasteiger partial charge in [-0.05, 0) is 72.5 Å². The zero-order valence-corrected chi connectivity index (χ0v) is 21.7. The van der Waals surface area contributed by atoms with Gasteiger partial charge < -0.3 is 14.4 Å². The van der Waals surface area contributed by atoms with Crippen molar-refractivity contribution in [3.63, 3.8) is 0 Å². The number of hydrogen-bond acceptors (Lipinski definition) is 5. The van der Waals surface area contributed by atoms with Crippen LogP contribution in [0.2, 0.25) is 0 Å². The van der Waals surface area contributed by atoms with E-state index < -0.39 is 0 Å². The van der Waals surface area contributed by atoms with E-state index in [2.05, 4.69) is 48.7 Å². The van der Waals surface area contributed by atoms with E-state index in [-0.39, 0.29) is 12.0 Å². The molecule has 1 amide bonds. The van der Waals surface area contributed by atoms with E-state index in [0.29, 0.717) is 25.9 Å². The average molecular weight is 501 g/mol. The number of rotatable bonds is 9. The molecule has 3 heterocycles. The maximum atomic E-state index is 13.6. The Bertz CT molecular complexity index is 1330. The van der Waals surface area contributed by atoms with Crippen molar-refractivity contribution < 1.29 is 14.3 Å².